The van der Waals surface area contributed by atoms with E-state index in [1.807, 2.05) is 37.4 Å². The molecular formula is C16H20N2O2. The first-order valence-corrected chi connectivity index (χ1v) is 6.64. The van der Waals surface area contributed by atoms with Crippen molar-refractivity contribution in [3.05, 3.63) is 53.3 Å². The van der Waals surface area contributed by atoms with Crippen LogP contribution in [0.3, 0.4) is 0 Å². The monoisotopic (exact) mass is 272 g/mol. The van der Waals surface area contributed by atoms with Crippen molar-refractivity contribution in [2.75, 3.05) is 6.61 Å². The molecule has 4 heteroatoms. The Morgan fingerprint density at radius 2 is 1.95 bits per heavy atom. The van der Waals surface area contributed by atoms with Crippen molar-refractivity contribution in [2.45, 2.75) is 20.4 Å². The molecule has 0 atom stereocenters. The van der Waals surface area contributed by atoms with E-state index in [4.69, 9.17) is 4.74 Å². The number of aryl methyl sites for hydroxylation is 1. The Morgan fingerprint density at radius 1 is 1.25 bits per heavy atom. The zero-order valence-corrected chi connectivity index (χ0v) is 12.1. The number of nitrogens with zero attached hydrogens (tertiary/aromatic N) is 1. The fraction of sp³-hybridized carbons (Fsp3) is 0.312. The van der Waals surface area contributed by atoms with Crippen LogP contribution in [0, 0.1) is 13.8 Å². The zero-order valence-electron chi connectivity index (χ0n) is 12.1. The lowest BCUT2D eigenvalue weighted by atomic mass is 10.2. The SMILES string of the molecule is Cc1cc(CNC(=O)COc2ccccc2)c(C)n1C. The Morgan fingerprint density at radius 3 is 2.55 bits per heavy atom. The highest BCUT2D eigenvalue weighted by Crippen LogP contribution is 2.12. The second-order valence-electron chi connectivity index (χ2n) is 4.83. The molecule has 0 aliphatic heterocycles. The highest BCUT2D eigenvalue weighted by molar-refractivity contribution is 5.77. The van der Waals surface area contributed by atoms with Crippen molar-refractivity contribution >= 4 is 5.91 Å². The summed E-state index contributed by atoms with van der Waals surface area (Å²) < 4.78 is 7.51. The highest BCUT2D eigenvalue weighted by atomic mass is 16.5. The van der Waals surface area contributed by atoms with E-state index >= 15 is 0 Å². The summed E-state index contributed by atoms with van der Waals surface area (Å²) in [4.78, 5) is 11.7. The average Bonchev–Trinajstić information content (AvgIpc) is 2.71. The summed E-state index contributed by atoms with van der Waals surface area (Å²) in [5.41, 5.74) is 3.50. The summed E-state index contributed by atoms with van der Waals surface area (Å²) in [6, 6.07) is 11.4. The molecule has 0 saturated carbocycles. The summed E-state index contributed by atoms with van der Waals surface area (Å²) in [7, 11) is 2.02. The number of nitrogens with one attached hydrogen (secondary N) is 1. The molecule has 2 rings (SSSR count). The largest absolute Gasteiger partial charge is 0.484 e. The molecule has 2 aromatic rings. The molecule has 1 heterocycles. The number of benzene rings is 1. The molecule has 0 aliphatic carbocycles. The second-order valence-corrected chi connectivity index (χ2v) is 4.83. The van der Waals surface area contributed by atoms with Gasteiger partial charge in [0.15, 0.2) is 6.61 Å². The van der Waals surface area contributed by atoms with Gasteiger partial charge in [-0.3, -0.25) is 4.79 Å². The molecule has 106 valence electrons. The molecule has 20 heavy (non-hydrogen) atoms. The number of aromatic nitrogens is 1. The maximum atomic E-state index is 11.7. The van der Waals surface area contributed by atoms with Crippen molar-refractivity contribution in [3.63, 3.8) is 0 Å². The van der Waals surface area contributed by atoms with Crippen LogP contribution in [0.25, 0.3) is 0 Å². The standard InChI is InChI=1S/C16H20N2O2/c1-12-9-14(13(2)18(12)3)10-17-16(19)11-20-15-7-5-4-6-8-15/h4-9H,10-11H2,1-3H3,(H,17,19). The van der Waals surface area contributed by atoms with Crippen LogP contribution in [-0.4, -0.2) is 17.1 Å². The number of rotatable bonds is 5. The number of hydrogen-bond acceptors (Lipinski definition) is 2. The Balaban J connectivity index is 1.82. The van der Waals surface area contributed by atoms with Crippen LogP contribution in [0.2, 0.25) is 0 Å². The highest BCUT2D eigenvalue weighted by Gasteiger charge is 2.08. The van der Waals surface area contributed by atoms with E-state index in [9.17, 15) is 4.79 Å². The minimum absolute atomic E-state index is 0.0366. The molecular weight excluding hydrogens is 252 g/mol. The number of ether oxygens (including phenoxy) is 1. The zero-order chi connectivity index (χ0) is 14.5. The molecule has 1 N–H and O–H groups in total. The molecule has 4 nitrogen and oxygen atoms in total. The number of hydrogen-bond donors (Lipinski definition) is 1. The van der Waals surface area contributed by atoms with Crippen LogP contribution in [-0.2, 0) is 18.4 Å². The summed E-state index contributed by atoms with van der Waals surface area (Å²) in [6.45, 7) is 4.67. The van der Waals surface area contributed by atoms with E-state index in [0.717, 1.165) is 5.56 Å². The van der Waals surface area contributed by atoms with Crippen molar-refractivity contribution in [3.8, 4) is 5.75 Å². The van der Waals surface area contributed by atoms with Gasteiger partial charge in [0.05, 0.1) is 0 Å². The Kier molecular flexibility index (Phi) is 4.45. The van der Waals surface area contributed by atoms with Crippen LogP contribution in [0.5, 0.6) is 5.75 Å². The molecule has 0 unspecified atom stereocenters. The van der Waals surface area contributed by atoms with Gasteiger partial charge >= 0.3 is 0 Å². The van der Waals surface area contributed by atoms with E-state index in [0.29, 0.717) is 12.3 Å². The van der Waals surface area contributed by atoms with Gasteiger partial charge in [-0.1, -0.05) is 18.2 Å². The Hall–Kier alpha value is -2.23. The minimum Gasteiger partial charge on any atom is -0.484 e. The van der Waals surface area contributed by atoms with Crippen molar-refractivity contribution in [1.82, 2.24) is 9.88 Å². The van der Waals surface area contributed by atoms with Crippen LogP contribution in [0.1, 0.15) is 17.0 Å². The summed E-state index contributed by atoms with van der Waals surface area (Å²) in [5.74, 6) is 0.587. The maximum absolute atomic E-state index is 11.7. The quantitative estimate of drug-likeness (QED) is 0.908. The first-order valence-electron chi connectivity index (χ1n) is 6.64. The van der Waals surface area contributed by atoms with Gasteiger partial charge < -0.3 is 14.6 Å². The van der Waals surface area contributed by atoms with E-state index in [-0.39, 0.29) is 12.5 Å². The van der Waals surface area contributed by atoms with E-state index in [1.165, 1.54) is 11.4 Å². The van der Waals surface area contributed by atoms with Gasteiger partial charge in [0.25, 0.3) is 5.91 Å². The third kappa shape index (κ3) is 3.41. The van der Waals surface area contributed by atoms with Crippen LogP contribution in [0.4, 0.5) is 0 Å². The molecule has 1 aromatic carbocycles. The normalized spacial score (nSPS) is 10.3. The molecule has 0 spiro atoms. The molecule has 0 aliphatic rings. The lowest BCUT2D eigenvalue weighted by molar-refractivity contribution is -0.123. The lowest BCUT2D eigenvalue weighted by Gasteiger charge is -2.07. The van der Waals surface area contributed by atoms with Crippen LogP contribution < -0.4 is 10.1 Å². The Labute approximate surface area is 119 Å². The van der Waals surface area contributed by atoms with Gasteiger partial charge in [-0.15, -0.1) is 0 Å². The van der Waals surface area contributed by atoms with Crippen molar-refractivity contribution in [2.24, 2.45) is 7.05 Å². The van der Waals surface area contributed by atoms with Gasteiger partial charge in [0, 0.05) is 25.0 Å². The van der Waals surface area contributed by atoms with Crippen molar-refractivity contribution in [1.29, 1.82) is 0 Å². The minimum atomic E-state index is -0.116. The molecule has 0 fully saturated rings. The Bertz CT molecular complexity index is 588. The fourth-order valence-electron chi connectivity index (χ4n) is 2.02. The van der Waals surface area contributed by atoms with Gasteiger partial charge in [-0.05, 0) is 37.6 Å². The number of para-hydroxylation sites is 1. The predicted molar refractivity (Wildman–Crippen MR) is 78.7 cm³/mol. The van der Waals surface area contributed by atoms with Gasteiger partial charge in [-0.2, -0.15) is 0 Å². The number of carbonyl (C=O) groups is 1. The molecule has 0 bridgehead atoms. The number of carbonyl (C=O) groups excluding carboxylic acids is 1. The summed E-state index contributed by atoms with van der Waals surface area (Å²) in [6.07, 6.45) is 0. The van der Waals surface area contributed by atoms with E-state index < -0.39 is 0 Å². The topological polar surface area (TPSA) is 43.3 Å². The molecule has 0 saturated heterocycles. The number of amides is 1. The van der Waals surface area contributed by atoms with Crippen LogP contribution >= 0.6 is 0 Å². The first-order chi connectivity index (χ1) is 9.58. The maximum Gasteiger partial charge on any atom is 0.258 e. The fourth-order valence-corrected chi connectivity index (χ4v) is 2.02. The van der Waals surface area contributed by atoms with Gasteiger partial charge in [0.1, 0.15) is 5.75 Å². The average molecular weight is 272 g/mol. The molecule has 0 radical (unpaired) electrons. The summed E-state index contributed by atoms with van der Waals surface area (Å²) >= 11 is 0. The van der Waals surface area contributed by atoms with Crippen molar-refractivity contribution < 1.29 is 9.53 Å². The van der Waals surface area contributed by atoms with E-state index in [2.05, 4.69) is 29.8 Å². The first kappa shape index (κ1) is 14.2. The lowest BCUT2D eigenvalue weighted by Crippen LogP contribution is -2.28. The summed E-state index contributed by atoms with van der Waals surface area (Å²) in [5, 5.41) is 2.87. The second kappa shape index (κ2) is 6.28. The third-order valence-electron chi connectivity index (χ3n) is 3.47. The third-order valence-corrected chi connectivity index (χ3v) is 3.47. The smallest absolute Gasteiger partial charge is 0.258 e. The molecule has 1 aromatic heterocycles. The van der Waals surface area contributed by atoms with Crippen LogP contribution in [0.15, 0.2) is 36.4 Å². The van der Waals surface area contributed by atoms with E-state index in [1.54, 1.807) is 0 Å². The van der Waals surface area contributed by atoms with Gasteiger partial charge in [0.2, 0.25) is 0 Å². The predicted octanol–water partition coefficient (Wildman–Crippen LogP) is 2.34. The molecule has 1 amide bonds. The van der Waals surface area contributed by atoms with Gasteiger partial charge in [-0.25, -0.2) is 0 Å².